The summed E-state index contributed by atoms with van der Waals surface area (Å²) < 4.78 is 5.28. The summed E-state index contributed by atoms with van der Waals surface area (Å²) in [5.41, 5.74) is 6.17. The van der Waals surface area contributed by atoms with Crippen molar-refractivity contribution in [2.24, 2.45) is 5.73 Å². The van der Waals surface area contributed by atoms with Crippen molar-refractivity contribution >= 4 is 30.7 Å². The molecule has 5 nitrogen and oxygen atoms in total. The van der Waals surface area contributed by atoms with E-state index >= 15 is 0 Å². The molecule has 1 aromatic heterocycles. The fraction of sp³-hybridized carbons (Fsp3) is 0.667. The molecule has 2 aliphatic heterocycles. The van der Waals surface area contributed by atoms with Crippen LogP contribution in [0.25, 0.3) is 0 Å². The second-order valence-corrected chi connectivity index (χ2v) is 5.81. The van der Waals surface area contributed by atoms with Crippen molar-refractivity contribution in [3.63, 3.8) is 0 Å². The Morgan fingerprint density at radius 2 is 1.95 bits per heavy atom. The Balaban J connectivity index is 0.00000121. The predicted octanol–water partition coefficient (Wildman–Crippen LogP) is 2.28. The maximum atomic E-state index is 12.6. The van der Waals surface area contributed by atoms with Gasteiger partial charge >= 0.3 is 0 Å². The molecule has 0 aliphatic carbocycles. The van der Waals surface area contributed by atoms with Crippen molar-refractivity contribution in [1.82, 2.24) is 9.80 Å². The third kappa shape index (κ3) is 4.16. The maximum absolute atomic E-state index is 12.6. The molecule has 2 saturated heterocycles. The van der Waals surface area contributed by atoms with E-state index in [9.17, 15) is 4.79 Å². The van der Waals surface area contributed by atoms with Gasteiger partial charge in [-0.2, -0.15) is 0 Å². The zero-order valence-corrected chi connectivity index (χ0v) is 14.3. The number of rotatable bonds is 4. The first-order chi connectivity index (χ1) is 9.78. The van der Waals surface area contributed by atoms with Crippen LogP contribution in [0.4, 0.5) is 0 Å². The van der Waals surface area contributed by atoms with Gasteiger partial charge in [0.25, 0.3) is 5.91 Å². The molecular formula is C15H25Cl2N3O2. The Kier molecular flexibility index (Phi) is 7.69. The molecule has 0 saturated carbocycles. The van der Waals surface area contributed by atoms with Crippen molar-refractivity contribution in [1.29, 1.82) is 0 Å². The SMILES string of the molecule is Cl.Cl.NCc1cc(C(=O)N2CCCC2CN2CCCC2)co1. The first-order valence-electron chi connectivity index (χ1n) is 7.58. The van der Waals surface area contributed by atoms with E-state index in [1.807, 2.05) is 4.90 Å². The Morgan fingerprint density at radius 3 is 2.59 bits per heavy atom. The Hall–Kier alpha value is -0.750. The highest BCUT2D eigenvalue weighted by molar-refractivity contribution is 5.94. The minimum Gasteiger partial charge on any atom is -0.467 e. The van der Waals surface area contributed by atoms with Gasteiger partial charge in [0, 0.05) is 19.1 Å². The first kappa shape index (κ1) is 19.3. The van der Waals surface area contributed by atoms with E-state index < -0.39 is 0 Å². The quantitative estimate of drug-likeness (QED) is 0.905. The molecule has 0 aromatic carbocycles. The number of furan rings is 1. The van der Waals surface area contributed by atoms with Crippen molar-refractivity contribution in [3.05, 3.63) is 23.7 Å². The van der Waals surface area contributed by atoms with Crippen LogP contribution < -0.4 is 5.73 Å². The summed E-state index contributed by atoms with van der Waals surface area (Å²) in [6.45, 7) is 4.58. The molecule has 2 fully saturated rings. The summed E-state index contributed by atoms with van der Waals surface area (Å²) in [6, 6.07) is 2.13. The second-order valence-electron chi connectivity index (χ2n) is 5.81. The molecule has 7 heteroatoms. The summed E-state index contributed by atoms with van der Waals surface area (Å²) in [5.74, 6) is 0.763. The highest BCUT2D eigenvalue weighted by Gasteiger charge is 2.31. The summed E-state index contributed by atoms with van der Waals surface area (Å²) in [4.78, 5) is 17.1. The molecule has 0 radical (unpaired) electrons. The molecule has 22 heavy (non-hydrogen) atoms. The van der Waals surface area contributed by atoms with Gasteiger partial charge in [0.05, 0.1) is 12.1 Å². The van der Waals surface area contributed by atoms with Crippen LogP contribution in [0.5, 0.6) is 0 Å². The summed E-state index contributed by atoms with van der Waals surface area (Å²) >= 11 is 0. The summed E-state index contributed by atoms with van der Waals surface area (Å²) in [5, 5.41) is 0. The van der Waals surface area contributed by atoms with Gasteiger partial charge in [0.15, 0.2) is 0 Å². The van der Waals surface area contributed by atoms with Crippen LogP contribution in [0.3, 0.4) is 0 Å². The standard InChI is InChI=1S/C15H23N3O2.2ClH/c16-9-14-8-12(11-20-14)15(19)18-7-3-4-13(18)10-17-5-1-2-6-17;;/h8,11,13H,1-7,9-10,16H2;2*1H. The normalized spacial score (nSPS) is 21.5. The Labute approximate surface area is 144 Å². The average molecular weight is 350 g/mol. The molecule has 2 aliphatic rings. The van der Waals surface area contributed by atoms with Gasteiger partial charge in [-0.3, -0.25) is 4.79 Å². The number of nitrogens with zero attached hydrogens (tertiary/aromatic N) is 2. The van der Waals surface area contributed by atoms with E-state index in [-0.39, 0.29) is 30.7 Å². The van der Waals surface area contributed by atoms with Gasteiger partial charge in [-0.15, -0.1) is 24.8 Å². The van der Waals surface area contributed by atoms with Gasteiger partial charge in [-0.05, 0) is 44.8 Å². The van der Waals surface area contributed by atoms with Crippen LogP contribution in [0, 0.1) is 0 Å². The number of hydrogen-bond donors (Lipinski definition) is 1. The first-order valence-corrected chi connectivity index (χ1v) is 7.58. The fourth-order valence-electron chi connectivity index (χ4n) is 3.32. The minimum atomic E-state index is 0. The zero-order chi connectivity index (χ0) is 13.9. The number of halogens is 2. The third-order valence-electron chi connectivity index (χ3n) is 4.41. The number of likely N-dealkylation sites (tertiary alicyclic amines) is 2. The Bertz CT molecular complexity index is 475. The largest absolute Gasteiger partial charge is 0.467 e. The lowest BCUT2D eigenvalue weighted by molar-refractivity contribution is 0.0708. The number of hydrogen-bond acceptors (Lipinski definition) is 4. The minimum absolute atomic E-state index is 0. The average Bonchev–Trinajstić information content (AvgIpc) is 3.20. The van der Waals surface area contributed by atoms with Crippen molar-refractivity contribution in [2.75, 3.05) is 26.2 Å². The monoisotopic (exact) mass is 349 g/mol. The lowest BCUT2D eigenvalue weighted by Gasteiger charge is -2.28. The molecule has 1 unspecified atom stereocenters. The van der Waals surface area contributed by atoms with Gasteiger partial charge in [0.2, 0.25) is 0 Å². The molecule has 1 atom stereocenters. The van der Waals surface area contributed by atoms with Crippen LogP contribution in [-0.2, 0) is 6.54 Å². The number of amides is 1. The lowest BCUT2D eigenvalue weighted by Crippen LogP contribution is -2.42. The number of carbonyl (C=O) groups excluding carboxylic acids is 1. The van der Waals surface area contributed by atoms with Crippen LogP contribution in [0.2, 0.25) is 0 Å². The molecule has 3 heterocycles. The molecular weight excluding hydrogens is 325 g/mol. The van der Waals surface area contributed by atoms with Crippen LogP contribution in [0.1, 0.15) is 41.8 Å². The molecule has 0 spiro atoms. The highest BCUT2D eigenvalue weighted by Crippen LogP contribution is 2.23. The molecule has 126 valence electrons. The fourth-order valence-corrected chi connectivity index (χ4v) is 3.32. The van der Waals surface area contributed by atoms with E-state index in [2.05, 4.69) is 4.90 Å². The second kappa shape index (κ2) is 8.77. The van der Waals surface area contributed by atoms with E-state index in [0.29, 0.717) is 23.9 Å². The third-order valence-corrected chi connectivity index (χ3v) is 4.41. The summed E-state index contributed by atoms with van der Waals surface area (Å²) in [7, 11) is 0. The van der Waals surface area contributed by atoms with Crippen LogP contribution in [-0.4, -0.2) is 47.9 Å². The van der Waals surface area contributed by atoms with E-state index in [4.69, 9.17) is 10.2 Å². The molecule has 3 rings (SSSR count). The molecule has 2 N–H and O–H groups in total. The van der Waals surface area contributed by atoms with Crippen LogP contribution >= 0.6 is 24.8 Å². The van der Waals surface area contributed by atoms with E-state index in [1.54, 1.807) is 6.07 Å². The van der Waals surface area contributed by atoms with E-state index in [1.165, 1.54) is 32.2 Å². The topological polar surface area (TPSA) is 62.7 Å². The molecule has 1 amide bonds. The molecule has 0 bridgehead atoms. The van der Waals surface area contributed by atoms with Crippen molar-refractivity contribution in [3.8, 4) is 0 Å². The number of carbonyl (C=O) groups is 1. The molecule has 1 aromatic rings. The maximum Gasteiger partial charge on any atom is 0.257 e. The van der Waals surface area contributed by atoms with Gasteiger partial charge in [0.1, 0.15) is 12.0 Å². The zero-order valence-electron chi connectivity index (χ0n) is 12.7. The smallest absolute Gasteiger partial charge is 0.257 e. The van der Waals surface area contributed by atoms with Gasteiger partial charge in [-0.25, -0.2) is 0 Å². The van der Waals surface area contributed by atoms with E-state index in [0.717, 1.165) is 25.9 Å². The number of nitrogens with two attached hydrogens (primary N) is 1. The van der Waals surface area contributed by atoms with Gasteiger partial charge in [-0.1, -0.05) is 0 Å². The lowest BCUT2D eigenvalue weighted by atomic mass is 10.2. The van der Waals surface area contributed by atoms with Crippen molar-refractivity contribution in [2.45, 2.75) is 38.3 Å². The Morgan fingerprint density at radius 1 is 1.23 bits per heavy atom. The predicted molar refractivity (Wildman–Crippen MR) is 90.8 cm³/mol. The summed E-state index contributed by atoms with van der Waals surface area (Å²) in [6.07, 6.45) is 6.34. The van der Waals surface area contributed by atoms with Gasteiger partial charge < -0.3 is 20.0 Å². The van der Waals surface area contributed by atoms with Crippen molar-refractivity contribution < 1.29 is 9.21 Å². The van der Waals surface area contributed by atoms with Crippen LogP contribution in [0.15, 0.2) is 16.7 Å². The highest BCUT2D eigenvalue weighted by atomic mass is 35.5.